The molecule has 2 N–H and O–H groups in total. The molecule has 0 aliphatic rings. The Morgan fingerprint density at radius 3 is 2.94 bits per heavy atom. The van der Waals surface area contributed by atoms with Crippen molar-refractivity contribution in [1.29, 1.82) is 0 Å². The fraction of sp³-hybridized carbons (Fsp3) is 0.167. The average molecular weight is 249 g/mol. The van der Waals surface area contributed by atoms with Gasteiger partial charge in [0.15, 0.2) is 0 Å². The minimum Gasteiger partial charge on any atom is -0.462 e. The first kappa shape index (κ1) is 12.1. The first-order chi connectivity index (χ1) is 8.63. The van der Waals surface area contributed by atoms with E-state index in [2.05, 4.69) is 4.98 Å². The van der Waals surface area contributed by atoms with Gasteiger partial charge in [0.25, 0.3) is 0 Å². The second-order valence-electron chi connectivity index (χ2n) is 3.58. The second-order valence-corrected chi connectivity index (χ2v) is 3.58. The van der Waals surface area contributed by atoms with Crippen molar-refractivity contribution in [2.45, 2.75) is 6.92 Å². The number of carbonyl (C=O) groups excluding carboxylic acids is 1. The molecule has 0 saturated heterocycles. The topological polar surface area (TPSA) is 70.1 Å². The van der Waals surface area contributed by atoms with E-state index in [4.69, 9.17) is 10.5 Å². The van der Waals surface area contributed by atoms with Crippen LogP contribution in [0.4, 0.5) is 10.1 Å². The van der Waals surface area contributed by atoms with E-state index in [1.54, 1.807) is 13.1 Å². The number of nitrogens with zero attached hydrogens (tertiary/aromatic N) is 2. The Balaban J connectivity index is 2.49. The monoisotopic (exact) mass is 249 g/mol. The van der Waals surface area contributed by atoms with Crippen molar-refractivity contribution in [3.8, 4) is 5.69 Å². The maximum Gasteiger partial charge on any atom is 0.340 e. The number of imidazole rings is 1. The number of anilines is 1. The fourth-order valence-electron chi connectivity index (χ4n) is 1.56. The number of nitrogens with two attached hydrogens (primary N) is 1. The van der Waals surface area contributed by atoms with E-state index in [0.717, 1.165) is 6.07 Å². The maximum atomic E-state index is 13.8. The number of halogens is 1. The average Bonchev–Trinajstić information content (AvgIpc) is 2.82. The highest BCUT2D eigenvalue weighted by molar-refractivity contribution is 5.95. The van der Waals surface area contributed by atoms with Gasteiger partial charge in [0.1, 0.15) is 5.82 Å². The van der Waals surface area contributed by atoms with Crippen molar-refractivity contribution in [2.24, 2.45) is 0 Å². The van der Waals surface area contributed by atoms with Gasteiger partial charge in [0.2, 0.25) is 0 Å². The molecule has 2 rings (SSSR count). The smallest absolute Gasteiger partial charge is 0.340 e. The molecule has 1 heterocycles. The summed E-state index contributed by atoms with van der Waals surface area (Å²) in [6.45, 7) is 1.92. The van der Waals surface area contributed by atoms with E-state index in [1.807, 2.05) is 0 Å². The molecule has 18 heavy (non-hydrogen) atoms. The fourth-order valence-corrected chi connectivity index (χ4v) is 1.56. The third-order valence-electron chi connectivity index (χ3n) is 2.40. The predicted octanol–water partition coefficient (Wildman–Crippen LogP) is 1.77. The van der Waals surface area contributed by atoms with E-state index in [1.165, 1.54) is 23.2 Å². The van der Waals surface area contributed by atoms with Gasteiger partial charge in [-0.2, -0.15) is 0 Å². The molecule has 0 fully saturated rings. The number of hydrogen-bond acceptors (Lipinski definition) is 4. The van der Waals surface area contributed by atoms with Gasteiger partial charge in [-0.1, -0.05) is 0 Å². The Hall–Kier alpha value is -2.37. The van der Waals surface area contributed by atoms with Crippen molar-refractivity contribution in [3.05, 3.63) is 42.2 Å². The van der Waals surface area contributed by atoms with Crippen molar-refractivity contribution in [1.82, 2.24) is 9.55 Å². The highest BCUT2D eigenvalue weighted by Gasteiger charge is 2.15. The Morgan fingerprint density at radius 1 is 1.56 bits per heavy atom. The van der Waals surface area contributed by atoms with Gasteiger partial charge in [-0.25, -0.2) is 14.2 Å². The maximum absolute atomic E-state index is 13.8. The first-order valence-electron chi connectivity index (χ1n) is 5.38. The number of rotatable bonds is 3. The molecule has 2 aromatic rings. The van der Waals surface area contributed by atoms with Crippen LogP contribution in [0.5, 0.6) is 0 Å². The molecule has 0 radical (unpaired) electrons. The van der Waals surface area contributed by atoms with Gasteiger partial charge < -0.3 is 15.0 Å². The van der Waals surface area contributed by atoms with Crippen LogP contribution in [0, 0.1) is 5.82 Å². The summed E-state index contributed by atoms with van der Waals surface area (Å²) < 4.78 is 20.1. The number of benzene rings is 1. The Labute approximate surface area is 103 Å². The zero-order chi connectivity index (χ0) is 13.1. The molecule has 5 nitrogen and oxygen atoms in total. The molecule has 0 amide bonds. The number of esters is 1. The van der Waals surface area contributed by atoms with Crippen molar-refractivity contribution in [3.63, 3.8) is 0 Å². The van der Waals surface area contributed by atoms with Gasteiger partial charge in [-0.3, -0.25) is 0 Å². The first-order valence-corrected chi connectivity index (χ1v) is 5.38. The third-order valence-corrected chi connectivity index (χ3v) is 2.40. The van der Waals surface area contributed by atoms with Gasteiger partial charge in [0, 0.05) is 18.1 Å². The number of carbonyl (C=O) groups is 1. The second kappa shape index (κ2) is 4.87. The lowest BCUT2D eigenvalue weighted by atomic mass is 10.1. The molecular weight excluding hydrogens is 237 g/mol. The Morgan fingerprint density at radius 2 is 2.33 bits per heavy atom. The van der Waals surface area contributed by atoms with Crippen LogP contribution in [0.1, 0.15) is 17.3 Å². The minimum atomic E-state index is -0.573. The standard InChI is InChI=1S/C12H12FN3O2/c1-2-18-12(17)8-5-11(9(13)6-10(8)14)16-4-3-15-7-16/h3-7H,2,14H2,1H3. The molecule has 0 spiro atoms. The van der Waals surface area contributed by atoms with E-state index in [-0.39, 0.29) is 23.5 Å². The molecule has 1 aromatic carbocycles. The summed E-state index contributed by atoms with van der Waals surface area (Å²) in [6.07, 6.45) is 4.52. The molecule has 0 unspecified atom stereocenters. The van der Waals surface area contributed by atoms with E-state index >= 15 is 0 Å². The van der Waals surface area contributed by atoms with E-state index in [9.17, 15) is 9.18 Å². The van der Waals surface area contributed by atoms with Crippen molar-refractivity contribution < 1.29 is 13.9 Å². The van der Waals surface area contributed by atoms with Crippen LogP contribution in [0.2, 0.25) is 0 Å². The zero-order valence-corrected chi connectivity index (χ0v) is 9.76. The molecule has 0 atom stereocenters. The molecular formula is C12H12FN3O2. The molecule has 1 aromatic heterocycles. The van der Waals surface area contributed by atoms with E-state index < -0.39 is 11.8 Å². The number of aromatic nitrogens is 2. The molecule has 0 bridgehead atoms. The van der Waals surface area contributed by atoms with Crippen LogP contribution >= 0.6 is 0 Å². The van der Waals surface area contributed by atoms with Crippen LogP contribution < -0.4 is 5.73 Å². The molecule has 6 heteroatoms. The molecule has 94 valence electrons. The largest absolute Gasteiger partial charge is 0.462 e. The lowest BCUT2D eigenvalue weighted by Crippen LogP contribution is -2.10. The van der Waals surface area contributed by atoms with Crippen LogP contribution in [-0.2, 0) is 4.74 Å². The summed E-state index contributed by atoms with van der Waals surface area (Å²) in [6, 6.07) is 2.45. The highest BCUT2D eigenvalue weighted by atomic mass is 19.1. The summed E-state index contributed by atoms with van der Waals surface area (Å²) in [5.74, 6) is -1.10. The predicted molar refractivity (Wildman–Crippen MR) is 63.9 cm³/mol. The normalized spacial score (nSPS) is 10.3. The van der Waals surface area contributed by atoms with Crippen LogP contribution in [0.15, 0.2) is 30.9 Å². The molecule has 0 aliphatic heterocycles. The Bertz CT molecular complexity index is 567. The molecule has 0 saturated carbocycles. The zero-order valence-electron chi connectivity index (χ0n) is 9.76. The van der Waals surface area contributed by atoms with Crippen LogP contribution in [-0.4, -0.2) is 22.1 Å². The summed E-state index contributed by atoms with van der Waals surface area (Å²) >= 11 is 0. The number of hydrogen-bond donors (Lipinski definition) is 1. The Kier molecular flexibility index (Phi) is 3.27. The van der Waals surface area contributed by atoms with Gasteiger partial charge in [0.05, 0.1) is 24.2 Å². The van der Waals surface area contributed by atoms with Gasteiger partial charge in [-0.05, 0) is 19.1 Å². The third kappa shape index (κ3) is 2.17. The summed E-state index contributed by atoms with van der Waals surface area (Å²) in [4.78, 5) is 15.5. The summed E-state index contributed by atoms with van der Waals surface area (Å²) in [5, 5.41) is 0. The quantitative estimate of drug-likeness (QED) is 0.664. The summed E-state index contributed by atoms with van der Waals surface area (Å²) in [7, 11) is 0. The highest BCUT2D eigenvalue weighted by Crippen LogP contribution is 2.22. The van der Waals surface area contributed by atoms with E-state index in [0.29, 0.717) is 0 Å². The lowest BCUT2D eigenvalue weighted by molar-refractivity contribution is 0.0527. The van der Waals surface area contributed by atoms with Crippen LogP contribution in [0.3, 0.4) is 0 Å². The van der Waals surface area contributed by atoms with Crippen LogP contribution in [0.25, 0.3) is 5.69 Å². The van der Waals surface area contributed by atoms with Gasteiger partial charge in [-0.15, -0.1) is 0 Å². The molecule has 0 aliphatic carbocycles. The lowest BCUT2D eigenvalue weighted by Gasteiger charge is -2.09. The minimum absolute atomic E-state index is 0.0508. The van der Waals surface area contributed by atoms with Gasteiger partial charge >= 0.3 is 5.97 Å². The summed E-state index contributed by atoms with van der Waals surface area (Å²) in [5.41, 5.74) is 6.00. The van der Waals surface area contributed by atoms with Crippen molar-refractivity contribution >= 4 is 11.7 Å². The number of ether oxygens (including phenoxy) is 1. The SMILES string of the molecule is CCOC(=O)c1cc(-n2ccnc2)c(F)cc1N. The number of nitrogen functional groups attached to an aromatic ring is 1. The van der Waals surface area contributed by atoms with Crippen molar-refractivity contribution in [2.75, 3.05) is 12.3 Å².